The van der Waals surface area contributed by atoms with Crippen LogP contribution in [0.2, 0.25) is 10.0 Å². The Hall–Kier alpha value is -0.470. The van der Waals surface area contributed by atoms with Crippen LogP contribution in [-0.2, 0) is 0 Å². The first-order valence-corrected chi connectivity index (χ1v) is 7.07. The molecule has 0 aliphatic heterocycles. The molecule has 1 fully saturated rings. The van der Waals surface area contributed by atoms with Gasteiger partial charge in [-0.1, -0.05) is 49.9 Å². The normalized spacial score (nSPS) is 22.8. The molecule has 1 aromatic rings. The van der Waals surface area contributed by atoms with Gasteiger partial charge in [0.05, 0.1) is 10.0 Å². The smallest absolute Gasteiger partial charge is 0.160 e. The monoisotopic (exact) mass is 289 g/mol. The zero-order chi connectivity index (χ0) is 13.3. The minimum absolute atomic E-state index is 0.0682. The molecular formula is C14H18Cl2FN. The highest BCUT2D eigenvalue weighted by atomic mass is 35.5. The van der Waals surface area contributed by atoms with Gasteiger partial charge in [0.2, 0.25) is 0 Å². The van der Waals surface area contributed by atoms with Crippen molar-refractivity contribution in [2.24, 2.45) is 5.41 Å². The third kappa shape index (κ3) is 2.92. The molecular weight excluding hydrogens is 272 g/mol. The number of rotatable bonds is 2. The molecule has 0 spiro atoms. The Bertz CT molecular complexity index is 422. The Morgan fingerprint density at radius 1 is 1.22 bits per heavy atom. The summed E-state index contributed by atoms with van der Waals surface area (Å²) < 4.78 is 13.3. The van der Waals surface area contributed by atoms with E-state index in [9.17, 15) is 4.39 Å². The summed E-state index contributed by atoms with van der Waals surface area (Å²) in [5.74, 6) is -0.549. The van der Waals surface area contributed by atoms with Gasteiger partial charge < -0.3 is 5.32 Å². The summed E-state index contributed by atoms with van der Waals surface area (Å²) >= 11 is 11.6. The van der Waals surface area contributed by atoms with Gasteiger partial charge in [-0.25, -0.2) is 4.39 Å². The van der Waals surface area contributed by atoms with E-state index in [2.05, 4.69) is 19.2 Å². The quantitative estimate of drug-likeness (QED) is 0.708. The van der Waals surface area contributed by atoms with Crippen molar-refractivity contribution in [3.63, 3.8) is 0 Å². The first-order valence-electron chi connectivity index (χ1n) is 6.31. The lowest BCUT2D eigenvalue weighted by Crippen LogP contribution is -2.38. The van der Waals surface area contributed by atoms with Gasteiger partial charge in [-0.3, -0.25) is 0 Å². The molecule has 1 nitrogen and oxygen atoms in total. The number of nitrogens with one attached hydrogen (secondary N) is 1. The van der Waals surface area contributed by atoms with Crippen molar-refractivity contribution in [3.05, 3.63) is 28.0 Å². The van der Waals surface area contributed by atoms with E-state index in [0.717, 1.165) is 12.1 Å². The third-order valence-corrected chi connectivity index (χ3v) is 4.38. The zero-order valence-corrected chi connectivity index (χ0v) is 12.2. The highest BCUT2D eigenvalue weighted by Gasteiger charge is 2.32. The van der Waals surface area contributed by atoms with Gasteiger partial charge in [0.25, 0.3) is 0 Å². The highest BCUT2D eigenvalue weighted by molar-refractivity contribution is 6.35. The summed E-state index contributed by atoms with van der Waals surface area (Å²) in [6.07, 6.45) is 4.83. The molecule has 2 rings (SSSR count). The Morgan fingerprint density at radius 3 is 2.39 bits per heavy atom. The van der Waals surface area contributed by atoms with E-state index in [1.54, 1.807) is 12.1 Å². The van der Waals surface area contributed by atoms with Crippen molar-refractivity contribution >= 4 is 28.9 Å². The number of benzene rings is 1. The van der Waals surface area contributed by atoms with E-state index in [4.69, 9.17) is 23.2 Å². The first kappa shape index (κ1) is 14.0. The molecule has 1 aromatic carbocycles. The van der Waals surface area contributed by atoms with E-state index in [1.165, 1.54) is 19.3 Å². The second-order valence-electron chi connectivity index (χ2n) is 5.69. The van der Waals surface area contributed by atoms with E-state index in [0.29, 0.717) is 6.04 Å². The zero-order valence-electron chi connectivity index (χ0n) is 10.7. The lowest BCUT2D eigenvalue weighted by molar-refractivity contribution is 0.217. The summed E-state index contributed by atoms with van der Waals surface area (Å²) in [5.41, 5.74) is 1.04. The van der Waals surface area contributed by atoms with Crippen molar-refractivity contribution in [1.29, 1.82) is 0 Å². The van der Waals surface area contributed by atoms with Crippen LogP contribution in [0.1, 0.15) is 39.5 Å². The molecule has 0 saturated heterocycles. The summed E-state index contributed by atoms with van der Waals surface area (Å²) in [4.78, 5) is 0. The molecule has 1 aliphatic rings. The Labute approximate surface area is 118 Å². The van der Waals surface area contributed by atoms with Gasteiger partial charge in [-0.15, -0.1) is 0 Å². The van der Waals surface area contributed by atoms with Crippen LogP contribution >= 0.6 is 23.2 Å². The van der Waals surface area contributed by atoms with Crippen LogP contribution in [-0.4, -0.2) is 6.04 Å². The maximum atomic E-state index is 13.3. The number of hydrogen-bond acceptors (Lipinski definition) is 1. The van der Waals surface area contributed by atoms with Gasteiger partial charge >= 0.3 is 0 Å². The summed E-state index contributed by atoms with van der Waals surface area (Å²) in [7, 11) is 0. The van der Waals surface area contributed by atoms with Crippen LogP contribution in [0.25, 0.3) is 0 Å². The topological polar surface area (TPSA) is 12.0 Å². The summed E-state index contributed by atoms with van der Waals surface area (Å²) in [5, 5.41) is 3.58. The molecule has 1 unspecified atom stereocenters. The van der Waals surface area contributed by atoms with Crippen LogP contribution < -0.4 is 5.32 Å². The van der Waals surface area contributed by atoms with Crippen LogP contribution in [0.3, 0.4) is 0 Å². The SMILES string of the molecule is CC1(C)CCCCC1Nc1cc(Cl)c(F)c(Cl)c1. The third-order valence-electron chi connectivity index (χ3n) is 3.83. The fourth-order valence-electron chi connectivity index (χ4n) is 2.60. The molecule has 0 heterocycles. The van der Waals surface area contributed by atoms with E-state index < -0.39 is 5.82 Å². The van der Waals surface area contributed by atoms with Crippen LogP contribution in [0.15, 0.2) is 12.1 Å². The molecule has 1 aliphatic carbocycles. The summed E-state index contributed by atoms with van der Waals surface area (Å²) in [6.45, 7) is 4.52. The van der Waals surface area contributed by atoms with E-state index in [1.807, 2.05) is 0 Å². The van der Waals surface area contributed by atoms with Gasteiger partial charge in [-0.2, -0.15) is 0 Å². The average Bonchev–Trinajstić information content (AvgIpc) is 2.28. The van der Waals surface area contributed by atoms with E-state index in [-0.39, 0.29) is 15.5 Å². The number of hydrogen-bond donors (Lipinski definition) is 1. The maximum Gasteiger partial charge on any atom is 0.160 e. The summed E-state index contributed by atoms with van der Waals surface area (Å²) in [6, 6.07) is 3.59. The minimum atomic E-state index is -0.549. The van der Waals surface area contributed by atoms with Crippen molar-refractivity contribution in [1.82, 2.24) is 0 Å². The molecule has 1 atom stereocenters. The number of halogens is 3. The maximum absolute atomic E-state index is 13.3. The lowest BCUT2D eigenvalue weighted by atomic mass is 9.73. The second-order valence-corrected chi connectivity index (χ2v) is 6.50. The van der Waals surface area contributed by atoms with Crippen LogP contribution in [0.4, 0.5) is 10.1 Å². The van der Waals surface area contributed by atoms with Crippen molar-refractivity contribution < 1.29 is 4.39 Å². The fraction of sp³-hybridized carbons (Fsp3) is 0.571. The Balaban J connectivity index is 2.18. The van der Waals surface area contributed by atoms with Gasteiger partial charge in [0, 0.05) is 11.7 Å². The predicted molar refractivity (Wildman–Crippen MR) is 76.1 cm³/mol. The van der Waals surface area contributed by atoms with Crippen molar-refractivity contribution in [2.75, 3.05) is 5.32 Å². The standard InChI is InChI=1S/C14H18Cl2FN/c1-14(2)6-4-3-5-12(14)18-9-7-10(15)13(17)11(16)8-9/h7-8,12,18H,3-6H2,1-2H3. The van der Waals surface area contributed by atoms with Gasteiger partial charge in [-0.05, 0) is 30.4 Å². The lowest BCUT2D eigenvalue weighted by Gasteiger charge is -2.39. The second kappa shape index (κ2) is 5.26. The molecule has 4 heteroatoms. The molecule has 0 radical (unpaired) electrons. The largest absolute Gasteiger partial charge is 0.382 e. The molecule has 18 heavy (non-hydrogen) atoms. The molecule has 1 saturated carbocycles. The first-order chi connectivity index (χ1) is 8.40. The molecule has 0 bridgehead atoms. The highest BCUT2D eigenvalue weighted by Crippen LogP contribution is 2.38. The van der Waals surface area contributed by atoms with E-state index >= 15 is 0 Å². The molecule has 0 amide bonds. The van der Waals surface area contributed by atoms with Gasteiger partial charge in [0.15, 0.2) is 5.82 Å². The predicted octanol–water partition coefficient (Wildman–Crippen LogP) is 5.51. The van der Waals surface area contributed by atoms with Crippen LogP contribution in [0.5, 0.6) is 0 Å². The molecule has 1 N–H and O–H groups in total. The van der Waals surface area contributed by atoms with Crippen molar-refractivity contribution in [2.45, 2.75) is 45.6 Å². The molecule has 100 valence electrons. The van der Waals surface area contributed by atoms with Gasteiger partial charge in [0.1, 0.15) is 0 Å². The Kier molecular flexibility index (Phi) is 4.08. The number of anilines is 1. The minimum Gasteiger partial charge on any atom is -0.382 e. The fourth-order valence-corrected chi connectivity index (χ4v) is 3.09. The van der Waals surface area contributed by atoms with Crippen molar-refractivity contribution in [3.8, 4) is 0 Å². The average molecular weight is 290 g/mol. The Morgan fingerprint density at radius 2 is 1.83 bits per heavy atom. The molecule has 0 aromatic heterocycles. The van der Waals surface area contributed by atoms with Crippen LogP contribution in [0, 0.1) is 11.2 Å².